The summed E-state index contributed by atoms with van der Waals surface area (Å²) in [4.78, 5) is 4.69. The number of hydrogen-bond donors (Lipinski definition) is 2. The van der Waals surface area contributed by atoms with Crippen LogP contribution in [-0.4, -0.2) is 18.0 Å². The number of nitrogens with zero attached hydrogens (tertiary/aromatic N) is 2. The first kappa shape index (κ1) is 24.8. The number of benzene rings is 2. The lowest BCUT2D eigenvalue weighted by atomic mass is 9.96. The van der Waals surface area contributed by atoms with Crippen LogP contribution in [0.1, 0.15) is 16.7 Å². The second-order valence-electron chi connectivity index (χ2n) is 7.75. The van der Waals surface area contributed by atoms with Crippen molar-refractivity contribution in [3.05, 3.63) is 95.0 Å². The van der Waals surface area contributed by atoms with E-state index in [-0.39, 0.29) is 0 Å². The van der Waals surface area contributed by atoms with Crippen molar-refractivity contribution < 1.29 is 13.2 Å². The predicted octanol–water partition coefficient (Wildman–Crippen LogP) is 7.18. The van der Waals surface area contributed by atoms with Crippen LogP contribution in [0, 0.1) is 6.92 Å². The quantitative estimate of drug-likeness (QED) is 0.163. The van der Waals surface area contributed by atoms with Crippen molar-refractivity contribution in [3.8, 4) is 22.4 Å². The van der Waals surface area contributed by atoms with E-state index >= 15 is 0 Å². The molecule has 2 N–H and O–H groups in total. The Morgan fingerprint density at radius 1 is 1.03 bits per heavy atom. The third kappa shape index (κ3) is 6.43. The molecule has 0 aliphatic heterocycles. The molecule has 0 bridgehead atoms. The first-order chi connectivity index (χ1) is 16.8. The highest BCUT2D eigenvalue weighted by Crippen LogP contribution is 2.34. The summed E-state index contributed by atoms with van der Waals surface area (Å²) in [7, 11) is 1.78. The summed E-state index contributed by atoms with van der Waals surface area (Å²) in [5, 5.41) is 8.29. The van der Waals surface area contributed by atoms with Crippen molar-refractivity contribution in [2.45, 2.75) is 23.9 Å². The Kier molecular flexibility index (Phi) is 7.77. The lowest BCUT2D eigenvalue weighted by Gasteiger charge is -2.14. The molecule has 0 amide bonds. The molecule has 0 aliphatic carbocycles. The van der Waals surface area contributed by atoms with Crippen molar-refractivity contribution in [1.29, 1.82) is 0 Å². The van der Waals surface area contributed by atoms with E-state index in [0.29, 0.717) is 23.8 Å². The van der Waals surface area contributed by atoms with Crippen LogP contribution in [0.25, 0.3) is 22.4 Å². The van der Waals surface area contributed by atoms with Crippen molar-refractivity contribution in [1.82, 2.24) is 15.6 Å². The normalized spacial score (nSPS) is 12.0. The Hall–Kier alpha value is -3.30. The molecule has 0 unspecified atom stereocenters. The van der Waals surface area contributed by atoms with Gasteiger partial charge < -0.3 is 10.6 Å². The molecule has 2 aromatic carbocycles. The Labute approximate surface area is 210 Å². The highest BCUT2D eigenvalue weighted by molar-refractivity contribution is 8.00. The fourth-order valence-corrected chi connectivity index (χ4v) is 4.74. The highest BCUT2D eigenvalue weighted by atomic mass is 32.2. The molecule has 0 saturated carbocycles. The second kappa shape index (κ2) is 11.0. The molecule has 0 spiro atoms. The zero-order chi connectivity index (χ0) is 24.8. The van der Waals surface area contributed by atoms with Crippen LogP contribution in [0.15, 0.2) is 86.9 Å². The van der Waals surface area contributed by atoms with Crippen LogP contribution in [0.3, 0.4) is 0 Å². The number of rotatable bonds is 6. The summed E-state index contributed by atoms with van der Waals surface area (Å²) in [5.74, 6) is 0.613. The minimum absolute atomic E-state index is 0.444. The molecule has 2 heterocycles. The molecule has 0 radical (unpaired) electrons. The van der Waals surface area contributed by atoms with Gasteiger partial charge in [-0.1, -0.05) is 48.0 Å². The number of thiophene rings is 1. The number of hydrogen-bond acceptors (Lipinski definition) is 4. The number of aryl methyl sites for hydroxylation is 1. The highest BCUT2D eigenvalue weighted by Gasteiger charge is 2.30. The topological polar surface area (TPSA) is 49.3 Å². The molecule has 9 heteroatoms. The maximum Gasteiger partial charge on any atom is 0.416 e. The number of halogens is 3. The summed E-state index contributed by atoms with van der Waals surface area (Å²) in [6, 6.07) is 19.0. The number of alkyl halides is 3. The first-order valence-electron chi connectivity index (χ1n) is 10.8. The summed E-state index contributed by atoms with van der Waals surface area (Å²) < 4.78 is 44.8. The van der Waals surface area contributed by atoms with Gasteiger partial charge in [0.15, 0.2) is 0 Å². The Morgan fingerprint density at radius 2 is 1.74 bits per heavy atom. The molecule has 0 atom stereocenters. The molecule has 2 aromatic heterocycles. The van der Waals surface area contributed by atoms with Gasteiger partial charge in [0.1, 0.15) is 0 Å². The fraction of sp³-hybridized carbons (Fsp3) is 0.154. The fourth-order valence-electron chi connectivity index (χ4n) is 3.36. The minimum atomic E-state index is -4.38. The van der Waals surface area contributed by atoms with Gasteiger partial charge >= 0.3 is 6.18 Å². The third-order valence-electron chi connectivity index (χ3n) is 5.21. The van der Waals surface area contributed by atoms with E-state index in [4.69, 9.17) is 4.98 Å². The molecule has 180 valence electrons. The van der Waals surface area contributed by atoms with E-state index in [1.807, 2.05) is 54.8 Å². The van der Waals surface area contributed by atoms with E-state index in [2.05, 4.69) is 15.0 Å². The summed E-state index contributed by atoms with van der Waals surface area (Å²) in [5.41, 5.74) is 4.35. The second-order valence-corrected chi connectivity index (χ2v) is 9.76. The maximum absolute atomic E-state index is 13.1. The first-order valence-corrected chi connectivity index (χ1v) is 12.4. The SMILES string of the molecule is CN/C(=N\Sc1cccs1)NCc1cnc(-c2ccc(C)cc2)c(-c2ccc(C(F)(F)F)cc2)c1. The van der Waals surface area contributed by atoms with Crippen molar-refractivity contribution in [2.75, 3.05) is 7.05 Å². The van der Waals surface area contributed by atoms with Gasteiger partial charge in [0.25, 0.3) is 0 Å². The van der Waals surface area contributed by atoms with E-state index in [1.54, 1.807) is 24.6 Å². The Balaban J connectivity index is 1.63. The number of pyridine rings is 1. The van der Waals surface area contributed by atoms with E-state index < -0.39 is 11.7 Å². The van der Waals surface area contributed by atoms with Crippen LogP contribution < -0.4 is 10.6 Å². The molecule has 35 heavy (non-hydrogen) atoms. The summed E-state index contributed by atoms with van der Waals surface area (Å²) >= 11 is 2.99. The molecule has 0 fully saturated rings. The number of nitrogens with one attached hydrogen (secondary N) is 2. The lowest BCUT2D eigenvalue weighted by molar-refractivity contribution is -0.137. The van der Waals surface area contributed by atoms with Gasteiger partial charge in [-0.15, -0.1) is 11.3 Å². The van der Waals surface area contributed by atoms with Crippen molar-refractivity contribution in [3.63, 3.8) is 0 Å². The summed E-state index contributed by atoms with van der Waals surface area (Å²) in [6.45, 7) is 2.44. The Morgan fingerprint density at radius 3 is 2.37 bits per heavy atom. The van der Waals surface area contributed by atoms with E-state index in [1.165, 1.54) is 24.1 Å². The van der Waals surface area contributed by atoms with Gasteiger partial charge in [0.05, 0.1) is 15.5 Å². The third-order valence-corrected chi connectivity index (χ3v) is 6.98. The monoisotopic (exact) mass is 512 g/mol. The smallest absolute Gasteiger partial charge is 0.359 e. The van der Waals surface area contributed by atoms with Gasteiger partial charge in [-0.05, 0) is 47.7 Å². The average molecular weight is 513 g/mol. The van der Waals surface area contributed by atoms with Crippen LogP contribution in [0.2, 0.25) is 0 Å². The summed E-state index contributed by atoms with van der Waals surface area (Å²) in [6.07, 6.45) is -2.61. The zero-order valence-electron chi connectivity index (χ0n) is 19.1. The zero-order valence-corrected chi connectivity index (χ0v) is 20.7. The van der Waals surface area contributed by atoms with E-state index in [9.17, 15) is 13.2 Å². The van der Waals surface area contributed by atoms with Gasteiger partial charge in [-0.3, -0.25) is 4.98 Å². The molecule has 4 nitrogen and oxygen atoms in total. The standard InChI is InChI=1S/C26H23F3N4S2/c1-17-5-7-20(8-6-17)24-22(19-9-11-21(12-10-19)26(27,28)29)14-18(15-31-24)16-32-25(30-2)33-35-23-4-3-13-34-23/h3-15H,16H2,1-2H3,(H2,30,32,33). The van der Waals surface area contributed by atoms with Crippen LogP contribution in [0.5, 0.6) is 0 Å². The molecule has 4 aromatic rings. The number of aromatic nitrogens is 1. The molecular formula is C26H23F3N4S2. The van der Waals surface area contributed by atoms with Crippen molar-refractivity contribution >= 4 is 29.2 Å². The lowest BCUT2D eigenvalue weighted by Crippen LogP contribution is -2.33. The minimum Gasteiger partial charge on any atom is -0.359 e. The molecule has 4 rings (SSSR count). The maximum atomic E-state index is 13.1. The molecule has 0 aliphatic rings. The number of guanidine groups is 1. The van der Waals surface area contributed by atoms with E-state index in [0.717, 1.165) is 38.6 Å². The largest absolute Gasteiger partial charge is 0.416 e. The van der Waals surface area contributed by atoms with Gasteiger partial charge in [0.2, 0.25) is 5.96 Å². The Bertz CT molecular complexity index is 1280. The van der Waals surface area contributed by atoms with Crippen LogP contribution in [-0.2, 0) is 12.7 Å². The molecular weight excluding hydrogens is 489 g/mol. The predicted molar refractivity (Wildman–Crippen MR) is 138 cm³/mol. The van der Waals surface area contributed by atoms with Crippen molar-refractivity contribution in [2.24, 2.45) is 4.40 Å². The van der Waals surface area contributed by atoms with Gasteiger partial charge in [-0.25, -0.2) is 0 Å². The molecule has 0 saturated heterocycles. The average Bonchev–Trinajstić information content (AvgIpc) is 3.38. The van der Waals surface area contributed by atoms with Gasteiger partial charge in [0, 0.05) is 42.9 Å². The van der Waals surface area contributed by atoms with Crippen LogP contribution >= 0.6 is 23.3 Å². The van der Waals surface area contributed by atoms with Gasteiger partial charge in [-0.2, -0.15) is 17.6 Å². The van der Waals surface area contributed by atoms with Crippen LogP contribution in [0.4, 0.5) is 13.2 Å².